The Hall–Kier alpha value is -5.15. The lowest BCUT2D eigenvalue weighted by molar-refractivity contribution is 1.17. The molecule has 5 aromatic carbocycles. The van der Waals surface area contributed by atoms with E-state index in [1.165, 1.54) is 54.9 Å². The number of para-hydroxylation sites is 3. The molecule has 0 amide bonds. The minimum absolute atomic E-state index is 1.12. The van der Waals surface area contributed by atoms with Crippen LogP contribution < -0.4 is 0 Å². The zero-order valence-electron chi connectivity index (χ0n) is 20.6. The van der Waals surface area contributed by atoms with Gasteiger partial charge >= 0.3 is 0 Å². The lowest BCUT2D eigenvalue weighted by Gasteiger charge is -2.10. The van der Waals surface area contributed by atoms with E-state index in [9.17, 15) is 0 Å². The number of hydrogen-bond donors (Lipinski definition) is 0. The molecule has 0 aliphatic carbocycles. The first-order valence-corrected chi connectivity index (χ1v) is 12.9. The summed E-state index contributed by atoms with van der Waals surface area (Å²) in [6.07, 6.45) is 3.85. The molecule has 8 aromatic rings. The third-order valence-corrected chi connectivity index (χ3v) is 7.61. The van der Waals surface area contributed by atoms with Gasteiger partial charge in [-0.3, -0.25) is 4.98 Å². The van der Waals surface area contributed by atoms with Crippen molar-refractivity contribution in [2.45, 2.75) is 0 Å². The molecular formula is C35H23N3. The zero-order valence-corrected chi connectivity index (χ0v) is 20.6. The number of aromatic nitrogens is 3. The Labute approximate surface area is 219 Å². The first-order chi connectivity index (χ1) is 18.9. The molecule has 0 aliphatic heterocycles. The maximum atomic E-state index is 4.46. The Morgan fingerprint density at radius 2 is 1.11 bits per heavy atom. The number of hydrogen-bond acceptors (Lipinski definition) is 1. The van der Waals surface area contributed by atoms with E-state index in [-0.39, 0.29) is 0 Å². The van der Waals surface area contributed by atoms with Crippen LogP contribution in [0.3, 0.4) is 0 Å². The van der Waals surface area contributed by atoms with Crippen molar-refractivity contribution in [1.29, 1.82) is 0 Å². The number of nitrogens with zero attached hydrogens (tertiary/aromatic N) is 3. The molecule has 0 aliphatic rings. The van der Waals surface area contributed by atoms with Crippen LogP contribution in [0.15, 0.2) is 140 Å². The Morgan fingerprint density at radius 3 is 1.89 bits per heavy atom. The number of rotatable bonds is 3. The van der Waals surface area contributed by atoms with E-state index in [0.29, 0.717) is 0 Å². The smallest absolute Gasteiger partial charge is 0.0724 e. The van der Waals surface area contributed by atoms with Gasteiger partial charge in [-0.1, -0.05) is 78.9 Å². The molecule has 8 rings (SSSR count). The standard InChI is InChI=1S/C35H23N3/c1-3-10-25(11-4-1)37-31-16-8-7-14-30(31)35-27(15-9-17-32(35)37)24-18-19-28-29-20-21-36-23-34(29)38(33(28)22-24)26-12-5-2-6-13-26/h1-23H. The number of pyridine rings is 1. The summed E-state index contributed by atoms with van der Waals surface area (Å²) in [7, 11) is 0. The Morgan fingerprint density at radius 1 is 0.447 bits per heavy atom. The van der Waals surface area contributed by atoms with Crippen molar-refractivity contribution in [3.05, 3.63) is 140 Å². The molecule has 3 heterocycles. The predicted octanol–water partition coefficient (Wildman–Crippen LogP) is 8.94. The van der Waals surface area contributed by atoms with E-state index in [1.807, 2.05) is 12.4 Å². The molecule has 3 aromatic heterocycles. The highest BCUT2D eigenvalue weighted by atomic mass is 15.0. The van der Waals surface area contributed by atoms with Crippen LogP contribution in [0.4, 0.5) is 0 Å². The van der Waals surface area contributed by atoms with Gasteiger partial charge in [-0.2, -0.15) is 0 Å². The van der Waals surface area contributed by atoms with Crippen LogP contribution in [0.1, 0.15) is 0 Å². The van der Waals surface area contributed by atoms with Gasteiger partial charge in [-0.15, -0.1) is 0 Å². The molecule has 0 saturated heterocycles. The molecule has 0 unspecified atom stereocenters. The van der Waals surface area contributed by atoms with Gasteiger partial charge in [0, 0.05) is 39.1 Å². The second-order valence-corrected chi connectivity index (χ2v) is 9.68. The highest BCUT2D eigenvalue weighted by Crippen LogP contribution is 2.40. The van der Waals surface area contributed by atoms with Crippen molar-refractivity contribution in [3.8, 4) is 22.5 Å². The summed E-state index contributed by atoms with van der Waals surface area (Å²) in [4.78, 5) is 4.46. The van der Waals surface area contributed by atoms with Gasteiger partial charge in [-0.05, 0) is 59.7 Å². The van der Waals surface area contributed by atoms with Gasteiger partial charge in [0.15, 0.2) is 0 Å². The molecule has 0 bridgehead atoms. The van der Waals surface area contributed by atoms with Gasteiger partial charge in [0.05, 0.1) is 28.3 Å². The zero-order chi connectivity index (χ0) is 25.1. The van der Waals surface area contributed by atoms with Gasteiger partial charge < -0.3 is 9.13 Å². The van der Waals surface area contributed by atoms with E-state index >= 15 is 0 Å². The quantitative estimate of drug-likeness (QED) is 0.245. The van der Waals surface area contributed by atoms with Crippen molar-refractivity contribution in [2.24, 2.45) is 0 Å². The SMILES string of the molecule is c1ccc(-n2c3cnccc3c3ccc(-c4cccc5c4c4ccccc4n5-c4ccccc4)cc32)cc1. The lowest BCUT2D eigenvalue weighted by atomic mass is 9.98. The van der Waals surface area contributed by atoms with Crippen LogP contribution in [0.2, 0.25) is 0 Å². The molecule has 3 nitrogen and oxygen atoms in total. The van der Waals surface area contributed by atoms with Gasteiger partial charge in [-0.25, -0.2) is 0 Å². The van der Waals surface area contributed by atoms with Crippen LogP contribution in [0.25, 0.3) is 66.1 Å². The lowest BCUT2D eigenvalue weighted by Crippen LogP contribution is -1.94. The number of benzene rings is 5. The van der Waals surface area contributed by atoms with Crippen molar-refractivity contribution < 1.29 is 0 Å². The van der Waals surface area contributed by atoms with Gasteiger partial charge in [0.25, 0.3) is 0 Å². The van der Waals surface area contributed by atoms with E-state index < -0.39 is 0 Å². The highest BCUT2D eigenvalue weighted by Gasteiger charge is 2.18. The maximum Gasteiger partial charge on any atom is 0.0724 e. The van der Waals surface area contributed by atoms with Crippen molar-refractivity contribution in [2.75, 3.05) is 0 Å². The van der Waals surface area contributed by atoms with E-state index in [2.05, 4.69) is 142 Å². The van der Waals surface area contributed by atoms with Crippen LogP contribution in [0, 0.1) is 0 Å². The summed E-state index contributed by atoms with van der Waals surface area (Å²) in [5, 5.41) is 4.98. The normalized spacial score (nSPS) is 11.7. The fourth-order valence-corrected chi connectivity index (χ4v) is 6.00. The van der Waals surface area contributed by atoms with Gasteiger partial charge in [0.1, 0.15) is 0 Å². The molecular weight excluding hydrogens is 462 g/mol. The molecule has 38 heavy (non-hydrogen) atoms. The number of fused-ring (bicyclic) bond motifs is 6. The van der Waals surface area contributed by atoms with E-state index in [4.69, 9.17) is 0 Å². The van der Waals surface area contributed by atoms with Crippen LogP contribution in [-0.2, 0) is 0 Å². The average molecular weight is 486 g/mol. The molecule has 0 radical (unpaired) electrons. The van der Waals surface area contributed by atoms with Crippen LogP contribution in [-0.4, -0.2) is 14.1 Å². The Bertz CT molecular complexity index is 2120. The summed E-state index contributed by atoms with van der Waals surface area (Å²) in [5.41, 5.74) is 9.46. The Balaban J connectivity index is 1.46. The second kappa shape index (κ2) is 8.19. The molecule has 0 atom stereocenters. The van der Waals surface area contributed by atoms with E-state index in [0.717, 1.165) is 11.2 Å². The fraction of sp³-hybridized carbons (Fsp3) is 0. The summed E-state index contributed by atoms with van der Waals surface area (Å²) in [6.45, 7) is 0. The average Bonchev–Trinajstić information content (AvgIpc) is 3.51. The second-order valence-electron chi connectivity index (χ2n) is 9.68. The highest BCUT2D eigenvalue weighted by molar-refractivity contribution is 6.17. The van der Waals surface area contributed by atoms with Crippen molar-refractivity contribution >= 4 is 43.6 Å². The van der Waals surface area contributed by atoms with Crippen molar-refractivity contribution in [1.82, 2.24) is 14.1 Å². The largest absolute Gasteiger partial charge is 0.309 e. The monoisotopic (exact) mass is 485 g/mol. The molecule has 0 spiro atoms. The first kappa shape index (κ1) is 21.0. The van der Waals surface area contributed by atoms with Crippen molar-refractivity contribution in [3.63, 3.8) is 0 Å². The fourth-order valence-electron chi connectivity index (χ4n) is 6.00. The topological polar surface area (TPSA) is 22.8 Å². The Kier molecular flexibility index (Phi) is 4.52. The summed E-state index contributed by atoms with van der Waals surface area (Å²) in [5.74, 6) is 0. The summed E-state index contributed by atoms with van der Waals surface area (Å²) >= 11 is 0. The molecule has 3 heteroatoms. The minimum atomic E-state index is 1.12. The molecule has 0 fully saturated rings. The summed E-state index contributed by atoms with van der Waals surface area (Å²) < 4.78 is 4.70. The molecule has 0 N–H and O–H groups in total. The third kappa shape index (κ3) is 2.99. The van der Waals surface area contributed by atoms with E-state index in [1.54, 1.807) is 0 Å². The molecule has 178 valence electrons. The third-order valence-electron chi connectivity index (χ3n) is 7.61. The maximum absolute atomic E-state index is 4.46. The minimum Gasteiger partial charge on any atom is -0.309 e. The van der Waals surface area contributed by atoms with Crippen LogP contribution in [0.5, 0.6) is 0 Å². The first-order valence-electron chi connectivity index (χ1n) is 12.9. The van der Waals surface area contributed by atoms with Gasteiger partial charge in [0.2, 0.25) is 0 Å². The van der Waals surface area contributed by atoms with Crippen LogP contribution >= 0.6 is 0 Å². The molecule has 0 saturated carbocycles. The predicted molar refractivity (Wildman–Crippen MR) is 158 cm³/mol. The summed E-state index contributed by atoms with van der Waals surface area (Å²) in [6, 6.07) is 45.6.